The molecule has 1 heterocycles. The summed E-state index contributed by atoms with van der Waals surface area (Å²) >= 11 is 0. The van der Waals surface area contributed by atoms with E-state index in [4.69, 9.17) is 5.11 Å². The van der Waals surface area contributed by atoms with Crippen LogP contribution < -0.4 is 0 Å². The van der Waals surface area contributed by atoms with Crippen LogP contribution >= 0.6 is 0 Å². The van der Waals surface area contributed by atoms with Crippen LogP contribution in [0.2, 0.25) is 0 Å². The van der Waals surface area contributed by atoms with E-state index < -0.39 is 0 Å². The van der Waals surface area contributed by atoms with Crippen LogP contribution in [0.5, 0.6) is 0 Å². The van der Waals surface area contributed by atoms with E-state index in [1.807, 2.05) is 0 Å². The Morgan fingerprint density at radius 3 is 2.36 bits per heavy atom. The molecule has 0 bridgehead atoms. The highest BCUT2D eigenvalue weighted by molar-refractivity contribution is 4.82. The Hall–Kier alpha value is -0.0800. The van der Waals surface area contributed by atoms with Gasteiger partial charge in [-0.3, -0.25) is 4.90 Å². The van der Waals surface area contributed by atoms with Crippen LogP contribution in [0.1, 0.15) is 20.8 Å². The summed E-state index contributed by atoms with van der Waals surface area (Å²) in [5, 5.41) is 8.91. The van der Waals surface area contributed by atoms with E-state index in [9.17, 15) is 0 Å². The van der Waals surface area contributed by atoms with Gasteiger partial charge in [0.2, 0.25) is 0 Å². The first-order valence-corrected chi connectivity index (χ1v) is 4.50. The number of likely N-dealkylation sites (tertiary alicyclic amines) is 1. The third-order valence-corrected chi connectivity index (χ3v) is 2.78. The minimum absolute atomic E-state index is 0.312. The highest BCUT2D eigenvalue weighted by Crippen LogP contribution is 2.21. The van der Waals surface area contributed by atoms with Crippen molar-refractivity contribution in [3.63, 3.8) is 0 Å². The zero-order valence-electron chi connectivity index (χ0n) is 7.75. The minimum atomic E-state index is 0.312. The van der Waals surface area contributed by atoms with E-state index in [1.54, 1.807) is 0 Å². The van der Waals surface area contributed by atoms with Crippen molar-refractivity contribution in [3.8, 4) is 0 Å². The molecule has 1 fully saturated rings. The summed E-state index contributed by atoms with van der Waals surface area (Å²) < 4.78 is 0. The van der Waals surface area contributed by atoms with Gasteiger partial charge >= 0.3 is 0 Å². The van der Waals surface area contributed by atoms with Gasteiger partial charge in [0, 0.05) is 25.7 Å². The maximum Gasteiger partial charge on any atom is 0.0471 e. The predicted octanol–water partition coefficient (Wildman–Crippen LogP) is 0.955. The van der Waals surface area contributed by atoms with E-state index in [-0.39, 0.29) is 0 Å². The van der Waals surface area contributed by atoms with Crippen LogP contribution in [0, 0.1) is 11.8 Å². The molecule has 0 saturated carbocycles. The standard InChI is InChI=1S/C9H19NO/c1-7-4-10(5-7)9(3)8(2)6-11/h7-9,11H,4-6H2,1-3H3. The molecule has 0 aliphatic carbocycles. The first kappa shape index (κ1) is 9.01. The van der Waals surface area contributed by atoms with Crippen LogP contribution in [0.4, 0.5) is 0 Å². The summed E-state index contributed by atoms with van der Waals surface area (Å²) in [5.74, 6) is 1.28. The Morgan fingerprint density at radius 2 is 2.00 bits per heavy atom. The van der Waals surface area contributed by atoms with Crippen molar-refractivity contribution >= 4 is 0 Å². The summed E-state index contributed by atoms with van der Waals surface area (Å²) in [5.41, 5.74) is 0. The monoisotopic (exact) mass is 157 g/mol. The molecule has 2 heteroatoms. The van der Waals surface area contributed by atoms with Crippen LogP contribution in [0.3, 0.4) is 0 Å². The number of aliphatic hydroxyl groups is 1. The molecule has 0 spiro atoms. The van der Waals surface area contributed by atoms with Crippen molar-refractivity contribution in [2.45, 2.75) is 26.8 Å². The molecular formula is C9H19NO. The molecule has 1 N–H and O–H groups in total. The van der Waals surface area contributed by atoms with E-state index in [2.05, 4.69) is 25.7 Å². The van der Waals surface area contributed by atoms with Crippen LogP contribution in [-0.4, -0.2) is 35.7 Å². The summed E-state index contributed by atoms with van der Waals surface area (Å²) in [6, 6.07) is 0.552. The zero-order valence-corrected chi connectivity index (χ0v) is 7.75. The average molecular weight is 157 g/mol. The summed E-state index contributed by atoms with van der Waals surface area (Å²) in [7, 11) is 0. The first-order valence-electron chi connectivity index (χ1n) is 4.50. The molecule has 1 aliphatic heterocycles. The van der Waals surface area contributed by atoms with Gasteiger partial charge in [-0.2, -0.15) is 0 Å². The van der Waals surface area contributed by atoms with Gasteiger partial charge in [0.1, 0.15) is 0 Å². The fraction of sp³-hybridized carbons (Fsp3) is 1.00. The molecule has 0 radical (unpaired) electrons. The SMILES string of the molecule is CC1CN(C(C)C(C)CO)C1. The molecular weight excluding hydrogens is 138 g/mol. The summed E-state index contributed by atoms with van der Waals surface area (Å²) in [4.78, 5) is 2.44. The number of rotatable bonds is 3. The van der Waals surface area contributed by atoms with Gasteiger partial charge in [-0.25, -0.2) is 0 Å². The van der Waals surface area contributed by atoms with Crippen molar-refractivity contribution in [2.75, 3.05) is 19.7 Å². The second-order valence-electron chi connectivity index (χ2n) is 3.96. The van der Waals surface area contributed by atoms with E-state index >= 15 is 0 Å². The van der Waals surface area contributed by atoms with Crippen LogP contribution in [0.25, 0.3) is 0 Å². The Balaban J connectivity index is 2.25. The maximum absolute atomic E-state index is 8.91. The van der Waals surface area contributed by atoms with Crippen LogP contribution in [0.15, 0.2) is 0 Å². The molecule has 0 aromatic carbocycles. The molecule has 2 nitrogen and oxygen atoms in total. The minimum Gasteiger partial charge on any atom is -0.396 e. The Labute approximate surface area is 69.2 Å². The molecule has 0 amide bonds. The maximum atomic E-state index is 8.91. The number of hydrogen-bond acceptors (Lipinski definition) is 2. The topological polar surface area (TPSA) is 23.5 Å². The Morgan fingerprint density at radius 1 is 1.45 bits per heavy atom. The lowest BCUT2D eigenvalue weighted by Gasteiger charge is -2.43. The van der Waals surface area contributed by atoms with E-state index in [0.29, 0.717) is 18.6 Å². The van der Waals surface area contributed by atoms with Gasteiger partial charge in [0.25, 0.3) is 0 Å². The Bertz CT molecular complexity index is 121. The van der Waals surface area contributed by atoms with Gasteiger partial charge in [-0.1, -0.05) is 13.8 Å². The molecule has 66 valence electrons. The highest BCUT2D eigenvalue weighted by atomic mass is 16.3. The Kier molecular flexibility index (Phi) is 2.90. The number of nitrogens with zero attached hydrogens (tertiary/aromatic N) is 1. The van der Waals surface area contributed by atoms with Gasteiger partial charge < -0.3 is 5.11 Å². The summed E-state index contributed by atoms with van der Waals surface area (Å²) in [6.07, 6.45) is 0. The zero-order chi connectivity index (χ0) is 8.43. The lowest BCUT2D eigenvalue weighted by molar-refractivity contribution is 0.0303. The third-order valence-electron chi connectivity index (χ3n) is 2.78. The molecule has 0 aromatic rings. The molecule has 1 saturated heterocycles. The fourth-order valence-corrected chi connectivity index (χ4v) is 1.59. The van der Waals surface area contributed by atoms with E-state index in [1.165, 1.54) is 13.1 Å². The number of aliphatic hydroxyl groups excluding tert-OH is 1. The molecule has 1 aliphatic rings. The predicted molar refractivity (Wildman–Crippen MR) is 46.4 cm³/mol. The molecule has 11 heavy (non-hydrogen) atoms. The lowest BCUT2D eigenvalue weighted by atomic mass is 9.95. The normalized spacial score (nSPS) is 26.2. The molecule has 2 unspecified atom stereocenters. The number of hydrogen-bond donors (Lipinski definition) is 1. The molecule has 1 rings (SSSR count). The van der Waals surface area contributed by atoms with Gasteiger partial charge in [-0.15, -0.1) is 0 Å². The van der Waals surface area contributed by atoms with Crippen LogP contribution in [-0.2, 0) is 0 Å². The second kappa shape index (κ2) is 3.55. The smallest absolute Gasteiger partial charge is 0.0471 e. The van der Waals surface area contributed by atoms with Crippen molar-refractivity contribution in [1.82, 2.24) is 4.90 Å². The first-order chi connectivity index (χ1) is 5.15. The largest absolute Gasteiger partial charge is 0.396 e. The fourth-order valence-electron chi connectivity index (χ4n) is 1.59. The van der Waals surface area contributed by atoms with Crippen molar-refractivity contribution in [2.24, 2.45) is 11.8 Å². The average Bonchev–Trinajstić information content (AvgIpc) is 1.96. The van der Waals surface area contributed by atoms with Gasteiger partial charge in [-0.05, 0) is 18.8 Å². The van der Waals surface area contributed by atoms with Gasteiger partial charge in [0.15, 0.2) is 0 Å². The van der Waals surface area contributed by atoms with Gasteiger partial charge in [0.05, 0.1) is 0 Å². The molecule has 2 atom stereocenters. The quantitative estimate of drug-likeness (QED) is 0.659. The lowest BCUT2D eigenvalue weighted by Crippen LogP contribution is -2.52. The van der Waals surface area contributed by atoms with Crippen molar-refractivity contribution in [1.29, 1.82) is 0 Å². The van der Waals surface area contributed by atoms with Crippen molar-refractivity contribution in [3.05, 3.63) is 0 Å². The van der Waals surface area contributed by atoms with Crippen molar-refractivity contribution < 1.29 is 5.11 Å². The van der Waals surface area contributed by atoms with E-state index in [0.717, 1.165) is 5.92 Å². The summed E-state index contributed by atoms with van der Waals surface area (Å²) in [6.45, 7) is 9.32. The molecule has 0 aromatic heterocycles. The second-order valence-corrected chi connectivity index (χ2v) is 3.96. The highest BCUT2D eigenvalue weighted by Gasteiger charge is 2.29. The third kappa shape index (κ3) is 1.94.